The van der Waals surface area contributed by atoms with Crippen molar-refractivity contribution in [1.82, 2.24) is 19.5 Å². The SMILES string of the molecule is COc1ccc(-c2cc(C(F)(F)F)n3ncc(C(=O)N4CCC(Cc5ccccc5F)CC4)c3n2)cc1. The normalized spacial score (nSPS) is 14.8. The summed E-state index contributed by atoms with van der Waals surface area (Å²) < 4.78 is 61.6. The molecule has 5 rings (SSSR count). The zero-order valence-electron chi connectivity index (χ0n) is 20.0. The first kappa shape index (κ1) is 24.7. The van der Waals surface area contributed by atoms with Crippen LogP contribution in [0.25, 0.3) is 16.9 Å². The Bertz CT molecular complexity index is 1420. The Labute approximate surface area is 210 Å². The number of benzene rings is 2. The zero-order valence-corrected chi connectivity index (χ0v) is 20.0. The maximum atomic E-state index is 14.0. The average molecular weight is 513 g/mol. The molecule has 0 N–H and O–H groups in total. The number of amides is 1. The minimum atomic E-state index is -4.71. The Hall–Kier alpha value is -3.95. The number of ether oxygens (including phenoxy) is 1. The van der Waals surface area contributed by atoms with E-state index in [-0.39, 0.29) is 28.6 Å². The third-order valence-electron chi connectivity index (χ3n) is 6.75. The molecular formula is C27H24F4N4O2. The van der Waals surface area contributed by atoms with Gasteiger partial charge in [-0.25, -0.2) is 13.9 Å². The van der Waals surface area contributed by atoms with Gasteiger partial charge in [-0.2, -0.15) is 18.3 Å². The van der Waals surface area contributed by atoms with Crippen LogP contribution in [0.3, 0.4) is 0 Å². The number of likely N-dealkylation sites (tertiary alicyclic amines) is 1. The van der Waals surface area contributed by atoms with Crippen molar-refractivity contribution in [3.63, 3.8) is 0 Å². The summed E-state index contributed by atoms with van der Waals surface area (Å²) in [6, 6.07) is 14.0. The van der Waals surface area contributed by atoms with E-state index < -0.39 is 17.8 Å². The second kappa shape index (κ2) is 9.84. The van der Waals surface area contributed by atoms with E-state index in [1.165, 1.54) is 13.2 Å². The molecule has 1 aliphatic heterocycles. The summed E-state index contributed by atoms with van der Waals surface area (Å²) >= 11 is 0. The number of carbonyl (C=O) groups excluding carboxylic acids is 1. The molecule has 4 aromatic rings. The zero-order chi connectivity index (χ0) is 26.2. The van der Waals surface area contributed by atoms with Crippen molar-refractivity contribution in [3.05, 3.63) is 83.4 Å². The number of methoxy groups -OCH3 is 1. The molecule has 2 aromatic heterocycles. The van der Waals surface area contributed by atoms with Crippen molar-refractivity contribution in [1.29, 1.82) is 0 Å². The van der Waals surface area contributed by atoms with E-state index in [1.54, 1.807) is 47.4 Å². The molecular weight excluding hydrogens is 488 g/mol. The molecule has 1 amide bonds. The summed E-state index contributed by atoms with van der Waals surface area (Å²) in [4.78, 5) is 19.4. The first-order valence-corrected chi connectivity index (χ1v) is 11.9. The molecule has 0 aliphatic carbocycles. The highest BCUT2D eigenvalue weighted by molar-refractivity contribution is 6.00. The number of fused-ring (bicyclic) bond motifs is 1. The van der Waals surface area contributed by atoms with Crippen molar-refractivity contribution in [2.24, 2.45) is 5.92 Å². The average Bonchev–Trinajstić information content (AvgIpc) is 3.33. The van der Waals surface area contributed by atoms with Crippen LogP contribution in [0.5, 0.6) is 5.75 Å². The number of hydrogen-bond acceptors (Lipinski definition) is 4. The van der Waals surface area contributed by atoms with Crippen molar-refractivity contribution >= 4 is 11.6 Å². The molecule has 37 heavy (non-hydrogen) atoms. The number of alkyl halides is 3. The van der Waals surface area contributed by atoms with Gasteiger partial charge in [0.05, 0.1) is 19.0 Å². The molecule has 0 saturated carbocycles. The lowest BCUT2D eigenvalue weighted by Crippen LogP contribution is -2.39. The lowest BCUT2D eigenvalue weighted by atomic mass is 9.90. The molecule has 0 atom stereocenters. The van der Waals surface area contributed by atoms with Crippen LogP contribution in [-0.4, -0.2) is 45.6 Å². The van der Waals surface area contributed by atoms with E-state index in [0.717, 1.165) is 12.3 Å². The van der Waals surface area contributed by atoms with Crippen molar-refractivity contribution < 1.29 is 27.1 Å². The summed E-state index contributed by atoms with van der Waals surface area (Å²) in [6.45, 7) is 0.833. The van der Waals surface area contributed by atoms with Gasteiger partial charge in [0.2, 0.25) is 0 Å². The second-order valence-corrected chi connectivity index (χ2v) is 9.08. The van der Waals surface area contributed by atoms with Gasteiger partial charge in [-0.05, 0) is 67.1 Å². The standard InChI is InChI=1S/C27H24F4N4O2/c1-37-20-8-6-18(7-9-20)23-15-24(27(29,30)31)35-25(33-23)21(16-32-35)26(36)34-12-10-17(11-13-34)14-19-4-2-3-5-22(19)28/h2-9,15-17H,10-14H2,1H3. The largest absolute Gasteiger partial charge is 0.497 e. The minimum Gasteiger partial charge on any atom is -0.497 e. The summed E-state index contributed by atoms with van der Waals surface area (Å²) in [5.41, 5.74) is -0.00803. The van der Waals surface area contributed by atoms with Crippen LogP contribution in [0, 0.1) is 11.7 Å². The second-order valence-electron chi connectivity index (χ2n) is 9.08. The molecule has 0 unspecified atom stereocenters. The van der Waals surface area contributed by atoms with E-state index in [0.29, 0.717) is 53.7 Å². The molecule has 1 saturated heterocycles. The third kappa shape index (κ3) is 5.00. The fraction of sp³-hybridized carbons (Fsp3) is 0.296. The van der Waals surface area contributed by atoms with Crippen LogP contribution in [0.1, 0.15) is 34.5 Å². The summed E-state index contributed by atoms with van der Waals surface area (Å²) in [7, 11) is 1.49. The molecule has 0 radical (unpaired) electrons. The van der Waals surface area contributed by atoms with Crippen LogP contribution < -0.4 is 4.74 Å². The van der Waals surface area contributed by atoms with Crippen molar-refractivity contribution in [2.45, 2.75) is 25.4 Å². The maximum Gasteiger partial charge on any atom is 0.433 e. The molecule has 6 nitrogen and oxygen atoms in total. The molecule has 1 fully saturated rings. The Morgan fingerprint density at radius 3 is 2.43 bits per heavy atom. The summed E-state index contributed by atoms with van der Waals surface area (Å²) in [6.07, 6.45) is -1.66. The van der Waals surface area contributed by atoms with Gasteiger partial charge in [0, 0.05) is 18.7 Å². The van der Waals surface area contributed by atoms with Gasteiger partial charge < -0.3 is 9.64 Å². The molecule has 192 valence electrons. The Morgan fingerprint density at radius 2 is 1.78 bits per heavy atom. The third-order valence-corrected chi connectivity index (χ3v) is 6.75. The Kier molecular flexibility index (Phi) is 6.57. The van der Waals surface area contributed by atoms with Gasteiger partial charge in [-0.3, -0.25) is 4.79 Å². The van der Waals surface area contributed by atoms with Gasteiger partial charge >= 0.3 is 6.18 Å². The minimum absolute atomic E-state index is 0.00779. The lowest BCUT2D eigenvalue weighted by Gasteiger charge is -2.32. The summed E-state index contributed by atoms with van der Waals surface area (Å²) in [5, 5.41) is 3.87. The topological polar surface area (TPSA) is 59.7 Å². The lowest BCUT2D eigenvalue weighted by molar-refractivity contribution is -0.142. The first-order chi connectivity index (χ1) is 17.7. The predicted molar refractivity (Wildman–Crippen MR) is 129 cm³/mol. The van der Waals surface area contributed by atoms with Crippen LogP contribution in [0.15, 0.2) is 60.8 Å². The van der Waals surface area contributed by atoms with Crippen molar-refractivity contribution in [3.8, 4) is 17.0 Å². The highest BCUT2D eigenvalue weighted by Crippen LogP contribution is 2.33. The number of aromatic nitrogens is 3. The van der Waals surface area contributed by atoms with E-state index in [9.17, 15) is 22.4 Å². The highest BCUT2D eigenvalue weighted by Gasteiger charge is 2.36. The van der Waals surface area contributed by atoms with Crippen molar-refractivity contribution in [2.75, 3.05) is 20.2 Å². The van der Waals surface area contributed by atoms with E-state index in [2.05, 4.69) is 10.1 Å². The quantitative estimate of drug-likeness (QED) is 0.324. The van der Waals surface area contributed by atoms with Gasteiger partial charge in [0.25, 0.3) is 5.91 Å². The van der Waals surface area contributed by atoms with Gasteiger partial charge in [0.15, 0.2) is 11.3 Å². The van der Waals surface area contributed by atoms with Gasteiger partial charge in [0.1, 0.15) is 17.1 Å². The van der Waals surface area contributed by atoms with Crippen LogP contribution in [-0.2, 0) is 12.6 Å². The number of hydrogen-bond donors (Lipinski definition) is 0. The smallest absolute Gasteiger partial charge is 0.433 e. The Morgan fingerprint density at radius 1 is 1.08 bits per heavy atom. The van der Waals surface area contributed by atoms with Crippen LogP contribution in [0.4, 0.5) is 17.6 Å². The van der Waals surface area contributed by atoms with E-state index in [1.807, 2.05) is 0 Å². The predicted octanol–water partition coefficient (Wildman–Crippen LogP) is 5.66. The molecule has 10 heteroatoms. The fourth-order valence-electron chi connectivity index (χ4n) is 4.71. The number of halogens is 4. The first-order valence-electron chi connectivity index (χ1n) is 11.9. The van der Waals surface area contributed by atoms with E-state index in [4.69, 9.17) is 4.74 Å². The molecule has 1 aliphatic rings. The number of rotatable bonds is 5. The van der Waals surface area contributed by atoms with Gasteiger partial charge in [-0.1, -0.05) is 18.2 Å². The molecule has 3 heterocycles. The van der Waals surface area contributed by atoms with Crippen LogP contribution in [0.2, 0.25) is 0 Å². The number of carbonyl (C=O) groups is 1. The molecule has 2 aromatic carbocycles. The number of piperidine rings is 1. The monoisotopic (exact) mass is 512 g/mol. The van der Waals surface area contributed by atoms with E-state index >= 15 is 0 Å². The molecule has 0 spiro atoms. The highest BCUT2D eigenvalue weighted by atomic mass is 19.4. The summed E-state index contributed by atoms with van der Waals surface area (Å²) in [5.74, 6) is 0.0967. The number of nitrogens with zero attached hydrogens (tertiary/aromatic N) is 4. The maximum absolute atomic E-state index is 14.0. The molecule has 0 bridgehead atoms. The van der Waals surface area contributed by atoms with Crippen LogP contribution >= 0.6 is 0 Å². The van der Waals surface area contributed by atoms with Gasteiger partial charge in [-0.15, -0.1) is 0 Å². The fourth-order valence-corrected chi connectivity index (χ4v) is 4.71. The Balaban J connectivity index is 1.41.